The zero-order valence-electron chi connectivity index (χ0n) is 8.72. The van der Waals surface area contributed by atoms with E-state index in [1.807, 2.05) is 6.20 Å². The quantitative estimate of drug-likeness (QED) is 0.688. The number of hydrogen-bond acceptors (Lipinski definition) is 4. The van der Waals surface area contributed by atoms with Crippen LogP contribution in [0, 0.1) is 5.41 Å². The number of hydrogen-bond donors (Lipinski definition) is 0. The zero-order valence-corrected chi connectivity index (χ0v) is 8.72. The molecule has 4 nitrogen and oxygen atoms in total. The molecule has 2 aliphatic rings. The zero-order chi connectivity index (χ0) is 10.1. The van der Waals surface area contributed by atoms with Crippen LogP contribution in [0.5, 0.6) is 0 Å². The standard InChI is InChI=1S/C11H15N3O/c1-5-14(10-7-12-3-4-13-10)8-11(1)2-6-15-9-11/h3-4,7H,1-2,5-6,8-9H2. The van der Waals surface area contributed by atoms with Gasteiger partial charge in [-0.2, -0.15) is 0 Å². The molecule has 0 aromatic carbocycles. The molecule has 3 rings (SSSR count). The first-order valence-corrected chi connectivity index (χ1v) is 5.47. The molecule has 80 valence electrons. The highest BCUT2D eigenvalue weighted by molar-refractivity contribution is 5.37. The van der Waals surface area contributed by atoms with Crippen molar-refractivity contribution >= 4 is 5.82 Å². The third kappa shape index (κ3) is 1.59. The van der Waals surface area contributed by atoms with Crippen molar-refractivity contribution < 1.29 is 4.74 Å². The largest absolute Gasteiger partial charge is 0.381 e. The Bertz CT molecular complexity index is 335. The predicted octanol–water partition coefficient (Wildman–Crippen LogP) is 1.09. The van der Waals surface area contributed by atoms with Gasteiger partial charge in [0.05, 0.1) is 12.8 Å². The van der Waals surface area contributed by atoms with Gasteiger partial charge < -0.3 is 9.64 Å². The summed E-state index contributed by atoms with van der Waals surface area (Å²) in [5, 5.41) is 0. The maximum atomic E-state index is 5.50. The van der Waals surface area contributed by atoms with Crippen LogP contribution in [0.4, 0.5) is 5.82 Å². The molecule has 0 amide bonds. The van der Waals surface area contributed by atoms with Crippen LogP contribution < -0.4 is 4.90 Å². The van der Waals surface area contributed by atoms with E-state index in [-0.39, 0.29) is 0 Å². The van der Waals surface area contributed by atoms with Gasteiger partial charge in [-0.3, -0.25) is 4.98 Å². The van der Waals surface area contributed by atoms with Crippen molar-refractivity contribution in [2.45, 2.75) is 12.8 Å². The molecule has 2 saturated heterocycles. The number of nitrogens with zero attached hydrogens (tertiary/aromatic N) is 3. The fourth-order valence-corrected chi connectivity index (χ4v) is 2.56. The summed E-state index contributed by atoms with van der Waals surface area (Å²) in [5.74, 6) is 1.00. The van der Waals surface area contributed by atoms with E-state index in [0.717, 1.165) is 32.1 Å². The third-order valence-corrected chi connectivity index (χ3v) is 3.50. The van der Waals surface area contributed by atoms with Crippen molar-refractivity contribution in [2.24, 2.45) is 5.41 Å². The maximum absolute atomic E-state index is 5.50. The van der Waals surface area contributed by atoms with E-state index in [9.17, 15) is 0 Å². The molecular formula is C11H15N3O. The first-order chi connectivity index (χ1) is 7.38. The van der Waals surface area contributed by atoms with Gasteiger partial charge in [0.2, 0.25) is 0 Å². The summed E-state index contributed by atoms with van der Waals surface area (Å²) in [6.07, 6.45) is 7.74. The minimum absolute atomic E-state index is 0.400. The van der Waals surface area contributed by atoms with Crippen molar-refractivity contribution in [3.63, 3.8) is 0 Å². The molecule has 0 N–H and O–H groups in total. The van der Waals surface area contributed by atoms with Crippen molar-refractivity contribution in [2.75, 3.05) is 31.2 Å². The van der Waals surface area contributed by atoms with Gasteiger partial charge in [-0.05, 0) is 12.8 Å². The number of anilines is 1. The predicted molar refractivity (Wildman–Crippen MR) is 56.7 cm³/mol. The Morgan fingerprint density at radius 1 is 1.33 bits per heavy atom. The van der Waals surface area contributed by atoms with E-state index in [0.29, 0.717) is 5.41 Å². The van der Waals surface area contributed by atoms with Crippen LogP contribution in [-0.2, 0) is 4.74 Å². The topological polar surface area (TPSA) is 38.2 Å². The summed E-state index contributed by atoms with van der Waals surface area (Å²) >= 11 is 0. The minimum atomic E-state index is 0.400. The van der Waals surface area contributed by atoms with Gasteiger partial charge in [0.25, 0.3) is 0 Å². The molecule has 3 heterocycles. The van der Waals surface area contributed by atoms with Gasteiger partial charge in [0.1, 0.15) is 5.82 Å². The minimum Gasteiger partial charge on any atom is -0.381 e. The summed E-state index contributed by atoms with van der Waals surface area (Å²) in [4.78, 5) is 10.8. The molecule has 15 heavy (non-hydrogen) atoms. The molecule has 0 bridgehead atoms. The second-order valence-corrected chi connectivity index (χ2v) is 4.54. The van der Waals surface area contributed by atoms with Gasteiger partial charge in [-0.1, -0.05) is 0 Å². The molecule has 0 saturated carbocycles. The van der Waals surface area contributed by atoms with Crippen LogP contribution in [0.2, 0.25) is 0 Å². The molecule has 0 aliphatic carbocycles. The lowest BCUT2D eigenvalue weighted by atomic mass is 9.87. The Morgan fingerprint density at radius 2 is 2.33 bits per heavy atom. The second-order valence-electron chi connectivity index (χ2n) is 4.54. The van der Waals surface area contributed by atoms with Crippen LogP contribution in [0.15, 0.2) is 18.6 Å². The van der Waals surface area contributed by atoms with E-state index < -0.39 is 0 Å². The fraction of sp³-hybridized carbons (Fsp3) is 0.636. The monoisotopic (exact) mass is 205 g/mol. The Balaban J connectivity index is 1.76. The molecule has 1 atom stereocenters. The summed E-state index contributed by atoms with van der Waals surface area (Å²) in [6.45, 7) is 4.01. The van der Waals surface area contributed by atoms with Crippen LogP contribution in [0.3, 0.4) is 0 Å². The van der Waals surface area contributed by atoms with Gasteiger partial charge in [0, 0.05) is 37.5 Å². The summed E-state index contributed by atoms with van der Waals surface area (Å²) in [7, 11) is 0. The van der Waals surface area contributed by atoms with E-state index in [1.54, 1.807) is 12.4 Å². The summed E-state index contributed by atoms with van der Waals surface area (Å²) in [6, 6.07) is 0. The SMILES string of the molecule is c1cnc(N2CCC3(CCOC3)C2)cn1. The average molecular weight is 205 g/mol. The van der Waals surface area contributed by atoms with E-state index >= 15 is 0 Å². The van der Waals surface area contributed by atoms with Crippen LogP contribution in [-0.4, -0.2) is 36.3 Å². The molecule has 1 aromatic heterocycles. The molecule has 2 aliphatic heterocycles. The summed E-state index contributed by atoms with van der Waals surface area (Å²) in [5.41, 5.74) is 0.400. The highest BCUT2D eigenvalue weighted by Gasteiger charge is 2.41. The number of rotatable bonds is 1. The van der Waals surface area contributed by atoms with Gasteiger partial charge in [-0.25, -0.2) is 4.98 Å². The van der Waals surface area contributed by atoms with Gasteiger partial charge in [-0.15, -0.1) is 0 Å². The molecular weight excluding hydrogens is 190 g/mol. The summed E-state index contributed by atoms with van der Waals surface area (Å²) < 4.78 is 5.50. The Labute approximate surface area is 89.3 Å². The van der Waals surface area contributed by atoms with E-state index in [4.69, 9.17) is 4.74 Å². The van der Waals surface area contributed by atoms with Crippen molar-refractivity contribution in [1.82, 2.24) is 9.97 Å². The first kappa shape index (κ1) is 9.09. The molecule has 4 heteroatoms. The molecule has 2 fully saturated rings. The van der Waals surface area contributed by atoms with E-state index in [2.05, 4.69) is 14.9 Å². The van der Waals surface area contributed by atoms with Gasteiger partial charge in [0.15, 0.2) is 0 Å². The molecule has 1 unspecified atom stereocenters. The number of aromatic nitrogens is 2. The normalized spacial score (nSPS) is 30.3. The van der Waals surface area contributed by atoms with Crippen molar-refractivity contribution in [1.29, 1.82) is 0 Å². The lowest BCUT2D eigenvalue weighted by Gasteiger charge is -2.22. The second kappa shape index (κ2) is 3.45. The molecule has 1 aromatic rings. The number of ether oxygens (including phenoxy) is 1. The van der Waals surface area contributed by atoms with Crippen LogP contribution in [0.1, 0.15) is 12.8 Å². The Morgan fingerprint density at radius 3 is 3.07 bits per heavy atom. The maximum Gasteiger partial charge on any atom is 0.147 e. The van der Waals surface area contributed by atoms with Crippen LogP contribution >= 0.6 is 0 Å². The van der Waals surface area contributed by atoms with Crippen molar-refractivity contribution in [3.8, 4) is 0 Å². The third-order valence-electron chi connectivity index (χ3n) is 3.50. The van der Waals surface area contributed by atoms with Crippen molar-refractivity contribution in [3.05, 3.63) is 18.6 Å². The van der Waals surface area contributed by atoms with Gasteiger partial charge >= 0.3 is 0 Å². The fourth-order valence-electron chi connectivity index (χ4n) is 2.56. The molecule has 0 radical (unpaired) electrons. The first-order valence-electron chi connectivity index (χ1n) is 5.47. The Hall–Kier alpha value is -1.16. The van der Waals surface area contributed by atoms with Crippen LogP contribution in [0.25, 0.3) is 0 Å². The highest BCUT2D eigenvalue weighted by atomic mass is 16.5. The Kier molecular flexibility index (Phi) is 2.09. The molecule has 1 spiro atoms. The lowest BCUT2D eigenvalue weighted by molar-refractivity contribution is 0.160. The highest BCUT2D eigenvalue weighted by Crippen LogP contribution is 2.39. The average Bonchev–Trinajstić information content (AvgIpc) is 2.91. The van der Waals surface area contributed by atoms with E-state index in [1.165, 1.54) is 12.8 Å². The smallest absolute Gasteiger partial charge is 0.147 e. The lowest BCUT2D eigenvalue weighted by Crippen LogP contribution is -2.27.